The van der Waals surface area contributed by atoms with Crippen molar-refractivity contribution in [3.8, 4) is 0 Å². The molecule has 0 spiro atoms. The highest BCUT2D eigenvalue weighted by Gasteiger charge is 2.27. The first kappa shape index (κ1) is 14.2. The molecule has 2 heterocycles. The van der Waals surface area contributed by atoms with Gasteiger partial charge >= 0.3 is 6.03 Å². The second kappa shape index (κ2) is 6.31. The number of hydrogen-bond acceptors (Lipinski definition) is 4. The number of rotatable bonds is 5. The van der Waals surface area contributed by atoms with E-state index in [1.165, 1.54) is 0 Å². The minimum atomic E-state index is -0.148. The van der Waals surface area contributed by atoms with Crippen LogP contribution >= 0.6 is 0 Å². The van der Waals surface area contributed by atoms with Crippen molar-refractivity contribution in [1.29, 1.82) is 0 Å². The van der Waals surface area contributed by atoms with Crippen molar-refractivity contribution in [3.05, 3.63) is 24.3 Å². The topological polar surface area (TPSA) is 78.4 Å². The molecular weight excluding hydrogens is 258 g/mol. The maximum Gasteiger partial charge on any atom is 0.320 e. The number of urea groups is 1. The Morgan fingerprint density at radius 2 is 2.25 bits per heavy atom. The third-order valence-electron chi connectivity index (χ3n) is 3.18. The van der Waals surface area contributed by atoms with Gasteiger partial charge in [-0.15, -0.1) is 0 Å². The van der Waals surface area contributed by atoms with Gasteiger partial charge in [-0.3, -0.25) is 14.8 Å². The molecule has 0 aromatic carbocycles. The Bertz CT molecular complexity index is 479. The molecule has 1 aromatic heterocycles. The number of nitrogens with zero attached hydrogens (tertiary/aromatic N) is 4. The number of nitrogens with one attached hydrogen (secondary N) is 1. The predicted octanol–water partition coefficient (Wildman–Crippen LogP) is -0.109. The van der Waals surface area contributed by atoms with Gasteiger partial charge in [0.05, 0.1) is 5.69 Å². The zero-order valence-corrected chi connectivity index (χ0v) is 11.7. The smallest absolute Gasteiger partial charge is 0.320 e. The lowest BCUT2D eigenvalue weighted by molar-refractivity contribution is -0.122. The van der Waals surface area contributed by atoms with Crippen molar-refractivity contribution in [2.75, 3.05) is 26.7 Å². The molecule has 2 rings (SSSR count). The number of amides is 3. The van der Waals surface area contributed by atoms with Crippen LogP contribution in [0, 0.1) is 0 Å². The lowest BCUT2D eigenvalue weighted by Gasteiger charge is -2.18. The lowest BCUT2D eigenvalue weighted by atomic mass is 10.2. The van der Waals surface area contributed by atoms with E-state index in [1.54, 1.807) is 35.4 Å². The molecule has 0 unspecified atom stereocenters. The van der Waals surface area contributed by atoms with E-state index in [0.717, 1.165) is 5.69 Å². The largest absolute Gasteiger partial charge is 0.352 e. The van der Waals surface area contributed by atoms with Crippen molar-refractivity contribution < 1.29 is 9.59 Å². The number of aromatic nitrogens is 2. The fraction of sp³-hybridized carbons (Fsp3) is 0.538. The normalized spacial score (nSPS) is 16.4. The number of carbonyl (C=O) groups excluding carboxylic acids is 2. The van der Waals surface area contributed by atoms with E-state index in [-0.39, 0.29) is 24.5 Å². The fourth-order valence-corrected chi connectivity index (χ4v) is 2.14. The van der Waals surface area contributed by atoms with Crippen molar-refractivity contribution >= 4 is 11.9 Å². The van der Waals surface area contributed by atoms with Gasteiger partial charge in [-0.05, 0) is 6.92 Å². The third kappa shape index (κ3) is 3.66. The number of likely N-dealkylation sites (N-methyl/N-ethyl adjacent to an activating group) is 1. The van der Waals surface area contributed by atoms with Crippen LogP contribution < -0.4 is 5.32 Å². The molecule has 1 fully saturated rings. The van der Waals surface area contributed by atoms with E-state index >= 15 is 0 Å². The van der Waals surface area contributed by atoms with E-state index in [4.69, 9.17) is 0 Å². The summed E-state index contributed by atoms with van der Waals surface area (Å²) in [6.45, 7) is 3.28. The van der Waals surface area contributed by atoms with E-state index in [0.29, 0.717) is 19.5 Å². The monoisotopic (exact) mass is 277 g/mol. The standard InChI is InChI=1S/C13H19N5O2/c1-10(7-11-8-14-3-4-15-11)16-12(19)9-18-6-5-17(2)13(18)20/h3-4,8,10H,5-7,9H2,1-2H3,(H,16,19)/t10-/m0/s1. The maximum absolute atomic E-state index is 11.9. The van der Waals surface area contributed by atoms with Gasteiger partial charge in [0.15, 0.2) is 0 Å². The fourth-order valence-electron chi connectivity index (χ4n) is 2.14. The zero-order valence-electron chi connectivity index (χ0n) is 11.7. The molecule has 7 nitrogen and oxygen atoms in total. The van der Waals surface area contributed by atoms with Crippen LogP contribution in [-0.4, -0.2) is 64.4 Å². The molecular formula is C13H19N5O2. The Morgan fingerprint density at radius 3 is 2.85 bits per heavy atom. The quantitative estimate of drug-likeness (QED) is 0.814. The van der Waals surface area contributed by atoms with Crippen LogP contribution in [0.5, 0.6) is 0 Å². The first-order valence-electron chi connectivity index (χ1n) is 6.60. The summed E-state index contributed by atoms with van der Waals surface area (Å²) in [5.74, 6) is -0.148. The number of carbonyl (C=O) groups is 2. The molecule has 0 aliphatic carbocycles. The van der Waals surface area contributed by atoms with Crippen LogP contribution in [0.2, 0.25) is 0 Å². The molecule has 0 saturated carbocycles. The summed E-state index contributed by atoms with van der Waals surface area (Å²) in [5.41, 5.74) is 0.831. The van der Waals surface area contributed by atoms with Crippen molar-refractivity contribution in [2.24, 2.45) is 0 Å². The van der Waals surface area contributed by atoms with E-state index in [1.807, 2.05) is 6.92 Å². The summed E-state index contributed by atoms with van der Waals surface area (Å²) in [6.07, 6.45) is 5.54. The second-order valence-electron chi connectivity index (χ2n) is 5.00. The van der Waals surface area contributed by atoms with Crippen molar-refractivity contribution in [3.63, 3.8) is 0 Å². The highest BCUT2D eigenvalue weighted by molar-refractivity contribution is 5.85. The van der Waals surface area contributed by atoms with Crippen molar-refractivity contribution in [2.45, 2.75) is 19.4 Å². The van der Waals surface area contributed by atoms with E-state index in [9.17, 15) is 9.59 Å². The Kier molecular flexibility index (Phi) is 4.49. The first-order valence-corrected chi connectivity index (χ1v) is 6.60. The lowest BCUT2D eigenvalue weighted by Crippen LogP contribution is -2.43. The summed E-state index contributed by atoms with van der Waals surface area (Å²) in [6, 6.07) is -0.142. The van der Waals surface area contributed by atoms with Gasteiger partial charge in [-0.25, -0.2) is 4.79 Å². The second-order valence-corrected chi connectivity index (χ2v) is 5.00. The van der Waals surface area contributed by atoms with Gasteiger partial charge in [0.2, 0.25) is 5.91 Å². The molecule has 3 amide bonds. The Balaban J connectivity index is 1.78. The van der Waals surface area contributed by atoms with Crippen LogP contribution in [0.15, 0.2) is 18.6 Å². The summed E-state index contributed by atoms with van der Waals surface area (Å²) < 4.78 is 0. The van der Waals surface area contributed by atoms with Crippen LogP contribution in [0.4, 0.5) is 4.79 Å². The van der Waals surface area contributed by atoms with E-state index < -0.39 is 0 Å². The molecule has 1 saturated heterocycles. The first-order chi connectivity index (χ1) is 9.56. The van der Waals surface area contributed by atoms with Gasteiger partial charge in [0.25, 0.3) is 0 Å². The molecule has 20 heavy (non-hydrogen) atoms. The molecule has 7 heteroatoms. The molecule has 1 atom stereocenters. The van der Waals surface area contributed by atoms with Crippen molar-refractivity contribution in [1.82, 2.24) is 25.1 Å². The molecule has 1 N–H and O–H groups in total. The summed E-state index contributed by atoms with van der Waals surface area (Å²) in [4.78, 5) is 34.9. The Morgan fingerprint density at radius 1 is 1.45 bits per heavy atom. The van der Waals surface area contributed by atoms with Gasteiger partial charge in [-0.1, -0.05) is 0 Å². The van der Waals surface area contributed by atoms with E-state index in [2.05, 4.69) is 15.3 Å². The SMILES string of the molecule is C[C@@H](Cc1cnccn1)NC(=O)CN1CCN(C)C1=O. The third-order valence-corrected chi connectivity index (χ3v) is 3.18. The van der Waals surface area contributed by atoms with Gasteiger partial charge in [0, 0.05) is 51.2 Å². The molecule has 1 aliphatic rings. The van der Waals surface area contributed by atoms with Gasteiger partial charge < -0.3 is 15.1 Å². The van der Waals surface area contributed by atoms with Crippen LogP contribution in [-0.2, 0) is 11.2 Å². The Hall–Kier alpha value is -2.18. The highest BCUT2D eigenvalue weighted by Crippen LogP contribution is 2.05. The van der Waals surface area contributed by atoms with Crippen LogP contribution in [0.3, 0.4) is 0 Å². The van der Waals surface area contributed by atoms with Crippen LogP contribution in [0.25, 0.3) is 0 Å². The minimum Gasteiger partial charge on any atom is -0.352 e. The molecule has 1 aliphatic heterocycles. The molecule has 0 radical (unpaired) electrons. The average Bonchev–Trinajstić information content (AvgIpc) is 2.71. The maximum atomic E-state index is 11.9. The zero-order chi connectivity index (χ0) is 14.5. The van der Waals surface area contributed by atoms with Gasteiger partial charge in [0.1, 0.15) is 6.54 Å². The van der Waals surface area contributed by atoms with Gasteiger partial charge in [-0.2, -0.15) is 0 Å². The summed E-state index contributed by atoms with van der Waals surface area (Å²) in [5, 5.41) is 2.87. The predicted molar refractivity (Wildman–Crippen MR) is 72.9 cm³/mol. The average molecular weight is 277 g/mol. The summed E-state index contributed by atoms with van der Waals surface area (Å²) in [7, 11) is 1.73. The molecule has 1 aromatic rings. The molecule has 108 valence electrons. The minimum absolute atomic E-state index is 0.0466. The molecule has 0 bridgehead atoms. The van der Waals surface area contributed by atoms with Crippen LogP contribution in [0.1, 0.15) is 12.6 Å². The highest BCUT2D eigenvalue weighted by atomic mass is 16.2. The Labute approximate surface area is 118 Å². The summed E-state index contributed by atoms with van der Waals surface area (Å²) >= 11 is 0. The number of hydrogen-bond donors (Lipinski definition) is 1.